The van der Waals surface area contributed by atoms with Gasteiger partial charge >= 0.3 is 17.9 Å². The summed E-state index contributed by atoms with van der Waals surface area (Å²) in [5.74, 6) is -2.05. The molecule has 0 saturated heterocycles. The standard InChI is InChI=1S/C25H40O13/c1-15(2)23(30)36-11-18(27)8-33-14-22(35-10-20(29)13-38-25(32)17(5)6)21(7-26)34-9-19(28)12-37-24(31)16(3)4/h18-22,26-29H,1,3,5,7-14H2,2,4,6H3/t18?,19?,20?,21-,22+/m0/s1. The van der Waals surface area contributed by atoms with Crippen LogP contribution in [0.15, 0.2) is 36.5 Å². The van der Waals surface area contributed by atoms with Crippen LogP contribution in [-0.2, 0) is 42.8 Å². The first-order valence-corrected chi connectivity index (χ1v) is 11.7. The van der Waals surface area contributed by atoms with Gasteiger partial charge in [-0.05, 0) is 20.8 Å². The van der Waals surface area contributed by atoms with Crippen LogP contribution >= 0.6 is 0 Å². The number of carbonyl (C=O) groups is 3. The largest absolute Gasteiger partial charge is 0.460 e. The molecule has 0 rings (SSSR count). The Morgan fingerprint density at radius 2 is 0.921 bits per heavy atom. The van der Waals surface area contributed by atoms with E-state index in [-0.39, 0.29) is 63.0 Å². The Kier molecular flexibility index (Phi) is 18.1. The molecule has 5 atom stereocenters. The molecule has 3 unspecified atom stereocenters. The molecule has 38 heavy (non-hydrogen) atoms. The molecule has 0 aliphatic rings. The van der Waals surface area contributed by atoms with Crippen molar-refractivity contribution in [3.63, 3.8) is 0 Å². The van der Waals surface area contributed by atoms with E-state index in [4.69, 9.17) is 28.4 Å². The second-order valence-corrected chi connectivity index (χ2v) is 8.56. The highest BCUT2D eigenvalue weighted by Gasteiger charge is 2.26. The Hall–Kier alpha value is -2.65. The fourth-order valence-corrected chi connectivity index (χ4v) is 2.36. The fourth-order valence-electron chi connectivity index (χ4n) is 2.36. The smallest absolute Gasteiger partial charge is 0.333 e. The molecule has 4 N–H and O–H groups in total. The molecule has 0 aliphatic carbocycles. The van der Waals surface area contributed by atoms with Crippen molar-refractivity contribution in [1.29, 1.82) is 0 Å². The third kappa shape index (κ3) is 16.2. The highest BCUT2D eigenvalue weighted by atomic mass is 16.6. The summed E-state index contributed by atoms with van der Waals surface area (Å²) in [6, 6.07) is 0. The van der Waals surface area contributed by atoms with E-state index in [0.29, 0.717) is 0 Å². The average Bonchev–Trinajstić information content (AvgIpc) is 2.86. The first-order chi connectivity index (χ1) is 17.8. The predicted molar refractivity (Wildman–Crippen MR) is 133 cm³/mol. The van der Waals surface area contributed by atoms with Crippen LogP contribution < -0.4 is 0 Å². The molecule has 0 radical (unpaired) electrons. The van der Waals surface area contributed by atoms with Crippen molar-refractivity contribution in [2.75, 3.05) is 52.9 Å². The summed E-state index contributed by atoms with van der Waals surface area (Å²) in [6.07, 6.45) is -5.75. The predicted octanol–water partition coefficient (Wildman–Crippen LogP) is -0.794. The molecule has 0 aromatic rings. The Morgan fingerprint density at radius 1 is 0.579 bits per heavy atom. The molecule has 0 aromatic carbocycles. The molecule has 0 bridgehead atoms. The molecule has 0 aromatic heterocycles. The summed E-state index contributed by atoms with van der Waals surface area (Å²) in [4.78, 5) is 34.4. The molecule has 0 saturated carbocycles. The lowest BCUT2D eigenvalue weighted by atomic mass is 10.2. The van der Waals surface area contributed by atoms with Crippen LogP contribution in [0.3, 0.4) is 0 Å². The van der Waals surface area contributed by atoms with Crippen LogP contribution in [0, 0.1) is 0 Å². The number of rotatable bonds is 21. The van der Waals surface area contributed by atoms with Gasteiger partial charge in [0, 0.05) is 16.7 Å². The third-order valence-corrected chi connectivity index (χ3v) is 4.46. The summed E-state index contributed by atoms with van der Waals surface area (Å²) in [5, 5.41) is 39.9. The van der Waals surface area contributed by atoms with Crippen molar-refractivity contribution in [2.45, 2.75) is 51.3 Å². The lowest BCUT2D eigenvalue weighted by Gasteiger charge is -2.28. The number of esters is 3. The normalized spacial score (nSPS) is 14.9. The maximum absolute atomic E-state index is 11.5. The second-order valence-electron chi connectivity index (χ2n) is 8.56. The second kappa shape index (κ2) is 19.4. The average molecular weight is 549 g/mol. The van der Waals surface area contributed by atoms with Gasteiger partial charge in [0.05, 0.1) is 33.0 Å². The zero-order chi connectivity index (χ0) is 29.3. The van der Waals surface area contributed by atoms with Crippen molar-refractivity contribution in [3.05, 3.63) is 36.5 Å². The zero-order valence-corrected chi connectivity index (χ0v) is 22.1. The Balaban J connectivity index is 4.98. The Morgan fingerprint density at radius 3 is 1.26 bits per heavy atom. The summed E-state index contributed by atoms with van der Waals surface area (Å²) < 4.78 is 31.0. The number of hydrogen-bond donors (Lipinski definition) is 4. The van der Waals surface area contributed by atoms with Crippen LogP contribution in [0.2, 0.25) is 0 Å². The topological polar surface area (TPSA) is 188 Å². The van der Waals surface area contributed by atoms with Gasteiger partial charge in [-0.15, -0.1) is 0 Å². The highest BCUT2D eigenvalue weighted by molar-refractivity contribution is 5.87. The zero-order valence-electron chi connectivity index (χ0n) is 22.1. The minimum atomic E-state index is -1.24. The number of hydrogen-bond acceptors (Lipinski definition) is 13. The maximum atomic E-state index is 11.5. The van der Waals surface area contributed by atoms with Crippen molar-refractivity contribution >= 4 is 17.9 Å². The van der Waals surface area contributed by atoms with Crippen LogP contribution in [0.1, 0.15) is 20.8 Å². The van der Waals surface area contributed by atoms with Gasteiger partial charge in [-0.25, -0.2) is 14.4 Å². The molecule has 0 aliphatic heterocycles. The van der Waals surface area contributed by atoms with E-state index in [0.717, 1.165) is 0 Å². The highest BCUT2D eigenvalue weighted by Crippen LogP contribution is 2.09. The lowest BCUT2D eigenvalue weighted by molar-refractivity contribution is -0.160. The van der Waals surface area contributed by atoms with Gasteiger partial charge < -0.3 is 48.8 Å². The summed E-state index contributed by atoms with van der Waals surface area (Å²) >= 11 is 0. The molecule has 13 heteroatoms. The van der Waals surface area contributed by atoms with E-state index in [1.807, 2.05) is 0 Å². The first kappa shape index (κ1) is 35.4. The molecule has 0 heterocycles. The van der Waals surface area contributed by atoms with Crippen LogP contribution in [0.5, 0.6) is 0 Å². The van der Waals surface area contributed by atoms with E-state index in [9.17, 15) is 34.8 Å². The van der Waals surface area contributed by atoms with E-state index in [2.05, 4.69) is 19.7 Å². The van der Waals surface area contributed by atoms with Crippen molar-refractivity contribution in [1.82, 2.24) is 0 Å². The van der Waals surface area contributed by atoms with Gasteiger partial charge in [0.1, 0.15) is 50.3 Å². The molecule has 0 spiro atoms. The van der Waals surface area contributed by atoms with Gasteiger partial charge in [-0.2, -0.15) is 0 Å². The Bertz CT molecular complexity index is 794. The van der Waals surface area contributed by atoms with Crippen LogP contribution in [-0.4, -0.2) is 122 Å². The minimum Gasteiger partial charge on any atom is -0.460 e. The summed E-state index contributed by atoms with van der Waals surface area (Å²) in [6.45, 7) is 11.7. The van der Waals surface area contributed by atoms with Gasteiger partial charge in [-0.3, -0.25) is 0 Å². The summed E-state index contributed by atoms with van der Waals surface area (Å²) in [5.41, 5.74) is 0.470. The SMILES string of the molecule is C=C(C)C(=O)OCC(O)COC[C@@H](OCC(O)COC(=O)C(=C)C)[C@H](CO)OCC(O)COC(=O)C(=C)C. The number of aliphatic hydroxyl groups excluding tert-OH is 4. The monoisotopic (exact) mass is 548 g/mol. The lowest BCUT2D eigenvalue weighted by Crippen LogP contribution is -2.42. The third-order valence-electron chi connectivity index (χ3n) is 4.46. The van der Waals surface area contributed by atoms with E-state index in [1.165, 1.54) is 20.8 Å². The van der Waals surface area contributed by atoms with Gasteiger partial charge in [-0.1, -0.05) is 19.7 Å². The number of carbonyl (C=O) groups excluding carboxylic acids is 3. The number of ether oxygens (including phenoxy) is 6. The molecular formula is C25H40O13. The van der Waals surface area contributed by atoms with E-state index < -0.39 is 55.0 Å². The first-order valence-electron chi connectivity index (χ1n) is 11.7. The molecule has 13 nitrogen and oxygen atoms in total. The summed E-state index contributed by atoms with van der Waals surface area (Å²) in [7, 11) is 0. The molecule has 218 valence electrons. The van der Waals surface area contributed by atoms with E-state index >= 15 is 0 Å². The van der Waals surface area contributed by atoms with Gasteiger partial charge in [0.25, 0.3) is 0 Å². The maximum Gasteiger partial charge on any atom is 0.333 e. The number of aliphatic hydroxyl groups is 4. The Labute approximate surface area is 222 Å². The van der Waals surface area contributed by atoms with Crippen molar-refractivity contribution in [3.8, 4) is 0 Å². The molecule has 0 amide bonds. The van der Waals surface area contributed by atoms with Gasteiger partial charge in [0.2, 0.25) is 0 Å². The quantitative estimate of drug-likeness (QED) is 0.0794. The molecular weight excluding hydrogens is 508 g/mol. The van der Waals surface area contributed by atoms with E-state index in [1.54, 1.807) is 0 Å². The fraction of sp³-hybridized carbons (Fsp3) is 0.640. The van der Waals surface area contributed by atoms with Gasteiger partial charge in [0.15, 0.2) is 0 Å². The van der Waals surface area contributed by atoms with Crippen LogP contribution in [0.4, 0.5) is 0 Å². The molecule has 0 fully saturated rings. The van der Waals surface area contributed by atoms with Crippen LogP contribution in [0.25, 0.3) is 0 Å². The minimum absolute atomic E-state index is 0.151. The van der Waals surface area contributed by atoms with Crippen molar-refractivity contribution in [2.24, 2.45) is 0 Å². The van der Waals surface area contributed by atoms with Crippen molar-refractivity contribution < 1.29 is 63.2 Å².